The number of sulfonamides is 1. The van der Waals surface area contributed by atoms with Crippen molar-refractivity contribution in [1.82, 2.24) is 19.7 Å². The Kier molecular flexibility index (Phi) is 7.81. The zero-order valence-electron chi connectivity index (χ0n) is 17.1. The standard InChI is InChI=1S/C16H16F3N5O8S/c1-29-10-6-11(30-2)22-14(21-10)23-15(26)24-33(27,28)12-8(13(25)31-3)4-5-9(20-12)32-7-16(17,18)19/h4-6H,7H2,1-3H3,(H2,21,22,23,24,26). The Morgan fingerprint density at radius 2 is 1.61 bits per heavy atom. The van der Waals surface area contributed by atoms with Crippen molar-refractivity contribution in [2.75, 3.05) is 33.3 Å². The summed E-state index contributed by atoms with van der Waals surface area (Å²) in [6, 6.07) is 1.52. The molecule has 13 nitrogen and oxygen atoms in total. The minimum atomic E-state index is -4.93. The Bertz CT molecular complexity index is 1120. The van der Waals surface area contributed by atoms with E-state index in [1.165, 1.54) is 25.0 Å². The summed E-state index contributed by atoms with van der Waals surface area (Å²) in [6.07, 6.45) is -4.74. The minimum absolute atomic E-state index is 0.0239. The quantitative estimate of drug-likeness (QED) is 0.504. The van der Waals surface area contributed by atoms with E-state index in [1.54, 1.807) is 0 Å². The van der Waals surface area contributed by atoms with Crippen LogP contribution >= 0.6 is 0 Å². The van der Waals surface area contributed by atoms with Gasteiger partial charge in [-0.05, 0) is 6.07 Å². The van der Waals surface area contributed by atoms with Crippen LogP contribution in [-0.2, 0) is 14.8 Å². The van der Waals surface area contributed by atoms with Gasteiger partial charge in [-0.25, -0.2) is 14.3 Å². The number of amides is 2. The van der Waals surface area contributed by atoms with Crippen LogP contribution in [0.2, 0.25) is 0 Å². The van der Waals surface area contributed by atoms with Gasteiger partial charge in [0.1, 0.15) is 0 Å². The molecule has 2 amide bonds. The molecule has 2 heterocycles. The molecule has 0 aliphatic rings. The van der Waals surface area contributed by atoms with E-state index in [1.807, 2.05) is 5.32 Å². The SMILES string of the molecule is COC(=O)c1ccc(OCC(F)(F)F)nc1S(=O)(=O)NC(=O)Nc1nc(OC)cc(OC)n1. The summed E-state index contributed by atoms with van der Waals surface area (Å²) in [5.74, 6) is -2.43. The average molecular weight is 495 g/mol. The van der Waals surface area contributed by atoms with Gasteiger partial charge in [0.25, 0.3) is 10.0 Å². The highest BCUT2D eigenvalue weighted by Crippen LogP contribution is 2.22. The first-order valence-corrected chi connectivity index (χ1v) is 9.96. The number of anilines is 1. The summed E-state index contributed by atoms with van der Waals surface area (Å²) in [5.41, 5.74) is -0.670. The molecule has 2 aromatic rings. The summed E-state index contributed by atoms with van der Waals surface area (Å²) >= 11 is 0. The Hall–Kier alpha value is -3.89. The monoisotopic (exact) mass is 495 g/mol. The van der Waals surface area contributed by atoms with E-state index in [9.17, 15) is 31.2 Å². The molecule has 0 spiro atoms. The number of nitrogens with one attached hydrogen (secondary N) is 2. The van der Waals surface area contributed by atoms with Crippen LogP contribution in [-0.4, -0.2) is 69.5 Å². The molecular formula is C16H16F3N5O8S. The molecule has 17 heteroatoms. The summed E-state index contributed by atoms with van der Waals surface area (Å²) < 4.78 is 82.6. The molecule has 0 radical (unpaired) electrons. The van der Waals surface area contributed by atoms with Crippen LogP contribution in [0.5, 0.6) is 17.6 Å². The first-order valence-electron chi connectivity index (χ1n) is 8.48. The average Bonchev–Trinajstić information content (AvgIpc) is 2.75. The van der Waals surface area contributed by atoms with Gasteiger partial charge in [0.05, 0.1) is 33.0 Å². The zero-order chi connectivity index (χ0) is 24.8. The number of halogens is 3. The number of urea groups is 1. The fourth-order valence-electron chi connectivity index (χ4n) is 2.10. The van der Waals surface area contributed by atoms with Gasteiger partial charge < -0.3 is 18.9 Å². The number of pyridine rings is 1. The number of alkyl halides is 3. The van der Waals surface area contributed by atoms with E-state index in [4.69, 9.17) is 9.47 Å². The molecule has 0 aliphatic carbocycles. The van der Waals surface area contributed by atoms with Crippen LogP contribution in [0.1, 0.15) is 10.4 Å². The molecule has 180 valence electrons. The second-order valence-electron chi connectivity index (χ2n) is 5.73. The molecular weight excluding hydrogens is 479 g/mol. The molecule has 0 saturated heterocycles. The maximum atomic E-state index is 12.7. The van der Waals surface area contributed by atoms with E-state index >= 15 is 0 Å². The molecule has 0 aromatic carbocycles. The number of carbonyl (C=O) groups excluding carboxylic acids is 2. The van der Waals surface area contributed by atoms with Gasteiger partial charge in [0.15, 0.2) is 11.6 Å². The number of nitrogens with zero attached hydrogens (tertiary/aromatic N) is 3. The van der Waals surface area contributed by atoms with Gasteiger partial charge in [-0.2, -0.15) is 36.5 Å². The Morgan fingerprint density at radius 3 is 2.12 bits per heavy atom. The highest BCUT2D eigenvalue weighted by Gasteiger charge is 2.31. The number of ether oxygens (including phenoxy) is 4. The third-order valence-corrected chi connectivity index (χ3v) is 4.70. The van der Waals surface area contributed by atoms with Crippen LogP contribution < -0.4 is 24.2 Å². The lowest BCUT2D eigenvalue weighted by Gasteiger charge is -2.13. The maximum Gasteiger partial charge on any atom is 0.422 e. The number of aromatic nitrogens is 3. The predicted octanol–water partition coefficient (Wildman–Crippen LogP) is 1.13. The topological polar surface area (TPSA) is 168 Å². The minimum Gasteiger partial charge on any atom is -0.481 e. The number of hydrogen-bond donors (Lipinski definition) is 2. The van der Waals surface area contributed by atoms with Gasteiger partial charge in [0, 0.05) is 6.07 Å². The van der Waals surface area contributed by atoms with Crippen molar-refractivity contribution in [3.8, 4) is 17.6 Å². The molecule has 0 saturated carbocycles. The van der Waals surface area contributed by atoms with Crippen molar-refractivity contribution in [2.45, 2.75) is 11.2 Å². The van der Waals surface area contributed by atoms with Crippen LogP contribution in [0.15, 0.2) is 23.2 Å². The lowest BCUT2D eigenvalue weighted by Crippen LogP contribution is -2.36. The molecule has 0 aliphatic heterocycles. The molecule has 33 heavy (non-hydrogen) atoms. The molecule has 0 fully saturated rings. The van der Waals surface area contributed by atoms with Crippen molar-refractivity contribution in [3.63, 3.8) is 0 Å². The van der Waals surface area contributed by atoms with Crippen LogP contribution in [0, 0.1) is 0 Å². The van der Waals surface area contributed by atoms with E-state index in [0.717, 1.165) is 19.2 Å². The second kappa shape index (κ2) is 10.2. The molecule has 2 aromatic heterocycles. The van der Waals surface area contributed by atoms with E-state index in [-0.39, 0.29) is 11.8 Å². The fourth-order valence-corrected chi connectivity index (χ4v) is 3.14. The highest BCUT2D eigenvalue weighted by atomic mass is 32.2. The van der Waals surface area contributed by atoms with E-state index < -0.39 is 57.2 Å². The molecule has 2 N–H and O–H groups in total. The van der Waals surface area contributed by atoms with Crippen molar-refractivity contribution in [3.05, 3.63) is 23.8 Å². The number of rotatable bonds is 8. The summed E-state index contributed by atoms with van der Waals surface area (Å²) in [6.45, 7) is -1.78. The summed E-state index contributed by atoms with van der Waals surface area (Å²) in [7, 11) is -1.46. The third-order valence-electron chi connectivity index (χ3n) is 3.43. The highest BCUT2D eigenvalue weighted by molar-refractivity contribution is 7.90. The van der Waals surface area contributed by atoms with Crippen molar-refractivity contribution >= 4 is 28.0 Å². The maximum absolute atomic E-state index is 12.7. The summed E-state index contributed by atoms with van der Waals surface area (Å²) in [5, 5.41) is 0.887. The van der Waals surface area contributed by atoms with Gasteiger partial charge in [-0.3, -0.25) is 5.32 Å². The van der Waals surface area contributed by atoms with E-state index in [0.29, 0.717) is 0 Å². The molecule has 2 rings (SSSR count). The Balaban J connectivity index is 2.33. The number of carbonyl (C=O) groups is 2. The number of esters is 1. The second-order valence-corrected chi connectivity index (χ2v) is 7.33. The smallest absolute Gasteiger partial charge is 0.422 e. The lowest BCUT2D eigenvalue weighted by molar-refractivity contribution is -0.154. The normalized spacial score (nSPS) is 11.3. The Morgan fingerprint density at radius 1 is 1.00 bits per heavy atom. The van der Waals surface area contributed by atoms with Gasteiger partial charge in [-0.15, -0.1) is 0 Å². The van der Waals surface area contributed by atoms with Gasteiger partial charge in [-0.1, -0.05) is 0 Å². The van der Waals surface area contributed by atoms with Crippen LogP contribution in [0.25, 0.3) is 0 Å². The van der Waals surface area contributed by atoms with Gasteiger partial charge in [0.2, 0.25) is 23.6 Å². The fraction of sp³-hybridized carbons (Fsp3) is 0.312. The lowest BCUT2D eigenvalue weighted by atomic mass is 10.3. The van der Waals surface area contributed by atoms with Crippen LogP contribution in [0.3, 0.4) is 0 Å². The molecule has 0 unspecified atom stereocenters. The summed E-state index contributed by atoms with van der Waals surface area (Å²) in [4.78, 5) is 35.1. The van der Waals surface area contributed by atoms with Crippen molar-refractivity contribution < 1.29 is 50.1 Å². The zero-order valence-corrected chi connectivity index (χ0v) is 17.9. The van der Waals surface area contributed by atoms with E-state index in [2.05, 4.69) is 24.4 Å². The van der Waals surface area contributed by atoms with Gasteiger partial charge >= 0.3 is 18.2 Å². The Labute approximate surface area is 184 Å². The molecule has 0 atom stereocenters. The van der Waals surface area contributed by atoms with Crippen molar-refractivity contribution in [2.24, 2.45) is 0 Å². The largest absolute Gasteiger partial charge is 0.481 e. The van der Waals surface area contributed by atoms with Crippen molar-refractivity contribution in [1.29, 1.82) is 0 Å². The predicted molar refractivity (Wildman–Crippen MR) is 102 cm³/mol. The third kappa shape index (κ3) is 7.06. The molecule has 0 bridgehead atoms. The first kappa shape index (κ1) is 25.4. The van der Waals surface area contributed by atoms with Crippen LogP contribution in [0.4, 0.5) is 23.9 Å². The number of hydrogen-bond acceptors (Lipinski definition) is 11. The number of methoxy groups -OCH3 is 3. The first-order chi connectivity index (χ1) is 15.4.